The summed E-state index contributed by atoms with van der Waals surface area (Å²) in [6.07, 6.45) is 5.67. The van der Waals surface area contributed by atoms with Crippen molar-refractivity contribution in [2.45, 2.75) is 31.3 Å². The number of pyridine rings is 1. The molecular weight excluding hydrogens is 525 g/mol. The van der Waals surface area contributed by atoms with Gasteiger partial charge in [-0.25, -0.2) is 4.98 Å². The molecule has 3 aliphatic rings. The summed E-state index contributed by atoms with van der Waals surface area (Å²) in [4.78, 5) is 61.1. The number of carbonyl (C=O) groups is 4. The molecule has 0 radical (unpaired) electrons. The zero-order chi connectivity index (χ0) is 26.3. The number of thiazole rings is 1. The third-order valence-corrected chi connectivity index (χ3v) is 7.14. The molecule has 4 N–H and O–H groups in total. The molecule has 3 aliphatic heterocycles. The van der Waals surface area contributed by atoms with Crippen molar-refractivity contribution in [1.29, 1.82) is 0 Å². The fourth-order valence-electron chi connectivity index (χ4n) is 4.76. The number of allylic oxidation sites excluding steroid dienone is 2. The number of fused-ring (bicyclic) bond motifs is 1. The molecule has 0 spiro atoms. The number of carbonyl (C=O) groups excluding carboxylic acids is 4. The minimum atomic E-state index is -1.56. The van der Waals surface area contributed by atoms with E-state index in [1.54, 1.807) is 29.4 Å². The van der Waals surface area contributed by atoms with Crippen molar-refractivity contribution in [2.75, 3.05) is 17.2 Å². The van der Waals surface area contributed by atoms with Crippen molar-refractivity contribution >= 4 is 51.6 Å². The average molecular weight is 546 g/mol. The molecule has 0 saturated carbocycles. The van der Waals surface area contributed by atoms with Crippen molar-refractivity contribution in [3.05, 3.63) is 58.5 Å². The number of nitrogens with zero attached hydrogens (tertiary/aromatic N) is 5. The molecule has 15 heteroatoms. The summed E-state index contributed by atoms with van der Waals surface area (Å²) in [5, 5.41) is 28.4. The first kappa shape index (κ1) is 27.4. The van der Waals surface area contributed by atoms with Crippen molar-refractivity contribution in [1.82, 2.24) is 20.2 Å². The van der Waals surface area contributed by atoms with Crippen LogP contribution in [0, 0.1) is 0 Å². The Hall–Kier alpha value is -3.59. The van der Waals surface area contributed by atoms with Gasteiger partial charge in [0.1, 0.15) is 11.7 Å². The number of oxime groups is 1. The van der Waals surface area contributed by atoms with E-state index in [0.29, 0.717) is 36.2 Å². The number of hydrogen-bond acceptors (Lipinski definition) is 11. The molecule has 190 valence electrons. The monoisotopic (exact) mass is 545 g/mol. The van der Waals surface area contributed by atoms with E-state index in [1.807, 2.05) is 0 Å². The van der Waals surface area contributed by atoms with Gasteiger partial charge >= 0.3 is 29.6 Å². The Morgan fingerprint density at radius 1 is 1.32 bits per heavy atom. The molecule has 5 rings (SSSR count). The molecule has 0 aromatic carbocycles. The maximum atomic E-state index is 12.9. The second-order valence-corrected chi connectivity index (χ2v) is 9.42. The van der Waals surface area contributed by atoms with Gasteiger partial charge in [0.2, 0.25) is 0 Å². The summed E-state index contributed by atoms with van der Waals surface area (Å²) in [6.45, 7) is 0.420. The summed E-state index contributed by atoms with van der Waals surface area (Å²) in [7, 11) is 0. The van der Waals surface area contributed by atoms with Crippen LogP contribution in [0.4, 0.5) is 10.8 Å². The van der Waals surface area contributed by atoms with Crippen LogP contribution in [0.15, 0.2) is 58.0 Å². The summed E-state index contributed by atoms with van der Waals surface area (Å²) in [6, 6.07) is 1.80. The van der Waals surface area contributed by atoms with Crippen molar-refractivity contribution < 1.29 is 59.0 Å². The quantitative estimate of drug-likeness (QED) is 0.0814. The van der Waals surface area contributed by atoms with Crippen LogP contribution in [-0.2, 0) is 19.2 Å². The van der Waals surface area contributed by atoms with Crippen molar-refractivity contribution in [3.8, 4) is 0 Å². The number of carboxylic acid groups (broad SMARTS) is 1. The van der Waals surface area contributed by atoms with Crippen LogP contribution >= 0.6 is 11.3 Å². The Labute approximate surface area is 242 Å². The van der Waals surface area contributed by atoms with Crippen LogP contribution in [0.2, 0.25) is 0 Å². The first-order valence-electron chi connectivity index (χ1n) is 11.2. The van der Waals surface area contributed by atoms with Crippen LogP contribution in [0.5, 0.6) is 0 Å². The van der Waals surface area contributed by atoms with Crippen LogP contribution in [0.1, 0.15) is 25.0 Å². The zero-order valence-corrected chi connectivity index (χ0v) is 23.0. The predicted molar refractivity (Wildman–Crippen MR) is 128 cm³/mol. The molecule has 3 amide bonds. The number of carboxylic acids is 1. The van der Waals surface area contributed by atoms with Crippen LogP contribution in [0.25, 0.3) is 0 Å². The smallest absolute Gasteiger partial charge is 0.543 e. The van der Waals surface area contributed by atoms with Gasteiger partial charge in [-0.2, -0.15) is 0 Å². The standard InChI is InChI=1S/C23H21N7O6S.Na/c24-23-26-14(10-37-23)16(28-36)19(31)27-17-15-4-3-11(18(22(34)35)30(15)21(17)33)8-12-5-7-29(20(12)32)13-2-1-6-25-9-13;/h1-2,6,8-10,15,17,36H,3-5,7H2,(H2,24,26)(H,27,31)(H,34,35);/q;+1/p-1/b12-8+,28-16-;/t15-,17+;/m1./s1. The summed E-state index contributed by atoms with van der Waals surface area (Å²) < 4.78 is 0. The second kappa shape index (κ2) is 11.0. The Morgan fingerprint density at radius 2 is 2.11 bits per heavy atom. The maximum absolute atomic E-state index is 12.9. The molecule has 0 unspecified atom stereocenters. The predicted octanol–water partition coefficient (Wildman–Crippen LogP) is -3.84. The number of nitrogen functional groups attached to an aromatic ring is 1. The molecule has 2 aromatic rings. The zero-order valence-electron chi connectivity index (χ0n) is 20.2. The van der Waals surface area contributed by atoms with Gasteiger partial charge in [0.25, 0.3) is 17.7 Å². The number of rotatable bonds is 6. The minimum Gasteiger partial charge on any atom is -0.543 e. The normalized spacial score (nSPS) is 22.2. The van der Waals surface area contributed by atoms with E-state index in [0.717, 1.165) is 16.2 Å². The van der Waals surface area contributed by atoms with E-state index in [1.165, 1.54) is 11.5 Å². The summed E-state index contributed by atoms with van der Waals surface area (Å²) in [5.74, 6) is -3.33. The number of nitrogens with one attached hydrogen (secondary N) is 1. The van der Waals surface area contributed by atoms with Gasteiger partial charge in [0.15, 0.2) is 10.8 Å². The number of nitrogens with two attached hydrogens (primary N) is 1. The maximum Gasteiger partial charge on any atom is 1.00 e. The number of β-lactam (4-membered cyclic amide) rings is 1. The van der Waals surface area contributed by atoms with Gasteiger partial charge in [0.05, 0.1) is 29.6 Å². The van der Waals surface area contributed by atoms with Gasteiger partial charge in [-0.05, 0) is 43.0 Å². The molecule has 2 saturated heterocycles. The third-order valence-electron chi connectivity index (χ3n) is 6.46. The fraction of sp³-hybridized carbons (Fsp3) is 0.261. The van der Waals surface area contributed by atoms with E-state index in [4.69, 9.17) is 5.73 Å². The van der Waals surface area contributed by atoms with E-state index >= 15 is 0 Å². The molecule has 0 bridgehead atoms. The van der Waals surface area contributed by atoms with Crippen LogP contribution in [0.3, 0.4) is 0 Å². The fourth-order valence-corrected chi connectivity index (χ4v) is 5.31. The SMILES string of the molecule is Nc1nc(/C(=N/O)C(=O)N[C@@H]2C(=O)N3C(C(=O)[O-])=C(/C=C4\CCN(c5cccnc5)C4=O)CC[C@H]23)cs1.[Na+]. The van der Waals surface area contributed by atoms with E-state index in [-0.39, 0.29) is 58.4 Å². The molecule has 0 aliphatic carbocycles. The summed E-state index contributed by atoms with van der Waals surface area (Å²) in [5.41, 5.74) is 6.22. The Morgan fingerprint density at radius 3 is 2.74 bits per heavy atom. The first-order valence-corrected chi connectivity index (χ1v) is 12.1. The minimum absolute atomic E-state index is 0. The van der Waals surface area contributed by atoms with Gasteiger partial charge in [-0.3, -0.25) is 19.4 Å². The molecular formula is C23H20N7NaO6S. The number of amides is 3. The van der Waals surface area contributed by atoms with E-state index in [9.17, 15) is 29.5 Å². The van der Waals surface area contributed by atoms with Crippen LogP contribution in [-0.4, -0.2) is 68.1 Å². The van der Waals surface area contributed by atoms with Crippen molar-refractivity contribution in [3.63, 3.8) is 0 Å². The number of anilines is 2. The summed E-state index contributed by atoms with van der Waals surface area (Å²) >= 11 is 1.04. The average Bonchev–Trinajstić information content (AvgIpc) is 3.48. The first-order chi connectivity index (χ1) is 17.8. The Balaban J connectivity index is 0.00000336. The molecule has 2 fully saturated rings. The molecule has 2 atom stereocenters. The molecule has 13 nitrogen and oxygen atoms in total. The van der Waals surface area contributed by atoms with E-state index < -0.39 is 35.6 Å². The van der Waals surface area contributed by atoms with Gasteiger partial charge in [0, 0.05) is 23.7 Å². The van der Waals surface area contributed by atoms with E-state index in [2.05, 4.69) is 20.4 Å². The Bertz CT molecular complexity index is 1410. The molecule has 5 heterocycles. The Kier molecular flexibility index (Phi) is 7.97. The molecule has 38 heavy (non-hydrogen) atoms. The number of aromatic nitrogens is 2. The molecule has 2 aromatic heterocycles. The van der Waals surface area contributed by atoms with Gasteiger partial charge in [-0.15, -0.1) is 11.3 Å². The number of hydrogen-bond donors (Lipinski definition) is 3. The third kappa shape index (κ3) is 4.82. The van der Waals surface area contributed by atoms with Gasteiger partial charge in [-0.1, -0.05) is 5.16 Å². The second-order valence-electron chi connectivity index (χ2n) is 8.53. The van der Waals surface area contributed by atoms with Crippen LogP contribution < -0.4 is 50.6 Å². The van der Waals surface area contributed by atoms with Crippen molar-refractivity contribution in [2.24, 2.45) is 5.16 Å². The largest absolute Gasteiger partial charge is 1.00 e. The topological polar surface area (TPSA) is 194 Å². The van der Waals surface area contributed by atoms with Gasteiger partial charge < -0.3 is 36.0 Å². The number of aliphatic carboxylic acids is 1.